The lowest BCUT2D eigenvalue weighted by atomic mass is 9.92. The molecule has 7 heteroatoms. The zero-order valence-corrected chi connectivity index (χ0v) is 12.6. The number of likely N-dealkylation sites (tertiary alicyclic amines) is 1. The van der Waals surface area contributed by atoms with Gasteiger partial charge in [0.2, 0.25) is 0 Å². The summed E-state index contributed by atoms with van der Waals surface area (Å²) in [5.74, 6) is 0.524. The SMILES string of the molecule is CC(N)C1CCCN(C(=O)COc2cccc([N+](=O)[O-])c2)C1. The van der Waals surface area contributed by atoms with Gasteiger partial charge >= 0.3 is 0 Å². The third kappa shape index (κ3) is 4.17. The van der Waals surface area contributed by atoms with Crippen molar-refractivity contribution in [3.63, 3.8) is 0 Å². The highest BCUT2D eigenvalue weighted by Crippen LogP contribution is 2.21. The minimum atomic E-state index is -0.494. The van der Waals surface area contributed by atoms with Crippen molar-refractivity contribution < 1.29 is 14.5 Å². The number of nitrogens with two attached hydrogens (primary N) is 1. The maximum atomic E-state index is 12.2. The number of nitro benzene ring substituents is 1. The highest BCUT2D eigenvalue weighted by atomic mass is 16.6. The third-order valence-electron chi connectivity index (χ3n) is 3.94. The number of piperidine rings is 1. The van der Waals surface area contributed by atoms with E-state index in [-0.39, 0.29) is 24.2 Å². The Morgan fingerprint density at radius 3 is 3.05 bits per heavy atom. The molecule has 1 aliphatic rings. The normalized spacial score (nSPS) is 19.5. The van der Waals surface area contributed by atoms with E-state index < -0.39 is 4.92 Å². The van der Waals surface area contributed by atoms with Gasteiger partial charge in [-0.2, -0.15) is 0 Å². The van der Waals surface area contributed by atoms with E-state index in [4.69, 9.17) is 10.5 Å². The summed E-state index contributed by atoms with van der Waals surface area (Å²) in [7, 11) is 0. The van der Waals surface area contributed by atoms with Crippen LogP contribution in [0.2, 0.25) is 0 Å². The van der Waals surface area contributed by atoms with Gasteiger partial charge in [-0.3, -0.25) is 14.9 Å². The topological polar surface area (TPSA) is 98.7 Å². The lowest BCUT2D eigenvalue weighted by molar-refractivity contribution is -0.384. The van der Waals surface area contributed by atoms with Gasteiger partial charge in [-0.25, -0.2) is 0 Å². The minimum Gasteiger partial charge on any atom is -0.484 e. The number of non-ortho nitro benzene ring substituents is 1. The molecule has 1 fully saturated rings. The second kappa shape index (κ2) is 7.22. The molecule has 1 amide bonds. The van der Waals surface area contributed by atoms with Crippen LogP contribution < -0.4 is 10.5 Å². The van der Waals surface area contributed by atoms with E-state index >= 15 is 0 Å². The molecule has 2 N–H and O–H groups in total. The molecule has 0 aromatic heterocycles. The fourth-order valence-corrected chi connectivity index (χ4v) is 2.59. The first kappa shape index (κ1) is 16.2. The van der Waals surface area contributed by atoms with Crippen molar-refractivity contribution in [2.45, 2.75) is 25.8 Å². The van der Waals surface area contributed by atoms with E-state index in [2.05, 4.69) is 0 Å². The van der Waals surface area contributed by atoms with Gasteiger partial charge in [0, 0.05) is 25.2 Å². The van der Waals surface area contributed by atoms with Gasteiger partial charge in [0.1, 0.15) is 5.75 Å². The summed E-state index contributed by atoms with van der Waals surface area (Å²) in [5, 5.41) is 10.7. The summed E-state index contributed by atoms with van der Waals surface area (Å²) in [4.78, 5) is 24.2. The number of hydrogen-bond donors (Lipinski definition) is 1. The van der Waals surface area contributed by atoms with Crippen LogP contribution in [-0.4, -0.2) is 41.5 Å². The highest BCUT2D eigenvalue weighted by Gasteiger charge is 2.26. The maximum Gasteiger partial charge on any atom is 0.273 e. The summed E-state index contributed by atoms with van der Waals surface area (Å²) in [6.45, 7) is 3.19. The van der Waals surface area contributed by atoms with E-state index in [0.29, 0.717) is 24.8 Å². The van der Waals surface area contributed by atoms with E-state index in [1.807, 2.05) is 6.92 Å². The number of amides is 1. The van der Waals surface area contributed by atoms with Gasteiger partial charge < -0.3 is 15.4 Å². The lowest BCUT2D eigenvalue weighted by Gasteiger charge is -2.34. The molecule has 0 aliphatic carbocycles. The Balaban J connectivity index is 1.89. The smallest absolute Gasteiger partial charge is 0.273 e. The molecule has 0 saturated carbocycles. The Morgan fingerprint density at radius 2 is 2.36 bits per heavy atom. The van der Waals surface area contributed by atoms with Crippen LogP contribution >= 0.6 is 0 Å². The average molecular weight is 307 g/mol. The van der Waals surface area contributed by atoms with Crippen molar-refractivity contribution in [1.82, 2.24) is 4.90 Å². The Labute approximate surface area is 129 Å². The first-order valence-corrected chi connectivity index (χ1v) is 7.38. The summed E-state index contributed by atoms with van der Waals surface area (Å²) in [5.41, 5.74) is 5.85. The van der Waals surface area contributed by atoms with Crippen molar-refractivity contribution in [3.8, 4) is 5.75 Å². The molecule has 1 aromatic rings. The van der Waals surface area contributed by atoms with Crippen LogP contribution in [0, 0.1) is 16.0 Å². The second-order valence-corrected chi connectivity index (χ2v) is 5.64. The number of carbonyl (C=O) groups excluding carboxylic acids is 1. The van der Waals surface area contributed by atoms with Crippen LogP contribution in [0.25, 0.3) is 0 Å². The molecule has 1 aromatic carbocycles. The molecular formula is C15H21N3O4. The maximum absolute atomic E-state index is 12.2. The molecule has 1 heterocycles. The zero-order valence-electron chi connectivity index (χ0n) is 12.6. The summed E-state index contributed by atoms with van der Waals surface area (Å²) < 4.78 is 5.38. The average Bonchev–Trinajstić information content (AvgIpc) is 2.53. The fraction of sp³-hybridized carbons (Fsp3) is 0.533. The number of carbonyl (C=O) groups is 1. The van der Waals surface area contributed by atoms with Crippen LogP contribution in [0.1, 0.15) is 19.8 Å². The predicted molar refractivity (Wildman–Crippen MR) is 81.5 cm³/mol. The van der Waals surface area contributed by atoms with Gasteiger partial charge in [-0.1, -0.05) is 6.07 Å². The number of nitrogens with zero attached hydrogens (tertiary/aromatic N) is 2. The van der Waals surface area contributed by atoms with Crippen LogP contribution in [0.5, 0.6) is 5.75 Å². The Bertz CT molecular complexity index is 547. The molecule has 0 spiro atoms. The number of benzene rings is 1. The van der Waals surface area contributed by atoms with Crippen LogP contribution in [0.4, 0.5) is 5.69 Å². The molecule has 22 heavy (non-hydrogen) atoms. The molecule has 1 aliphatic heterocycles. The van der Waals surface area contributed by atoms with Gasteiger partial charge in [0.15, 0.2) is 6.61 Å². The van der Waals surface area contributed by atoms with Gasteiger partial charge in [-0.05, 0) is 31.7 Å². The molecular weight excluding hydrogens is 286 g/mol. The summed E-state index contributed by atoms with van der Waals surface area (Å²) in [6, 6.07) is 5.89. The molecule has 0 bridgehead atoms. The fourth-order valence-electron chi connectivity index (χ4n) is 2.59. The van der Waals surface area contributed by atoms with E-state index in [9.17, 15) is 14.9 Å². The highest BCUT2D eigenvalue weighted by molar-refractivity contribution is 5.77. The quantitative estimate of drug-likeness (QED) is 0.657. The largest absolute Gasteiger partial charge is 0.484 e. The monoisotopic (exact) mass is 307 g/mol. The van der Waals surface area contributed by atoms with Crippen molar-refractivity contribution in [1.29, 1.82) is 0 Å². The predicted octanol–water partition coefficient (Wildman–Crippen LogP) is 1.56. The standard InChI is InChI=1S/C15H21N3O4/c1-11(16)12-4-3-7-17(9-12)15(19)10-22-14-6-2-5-13(8-14)18(20)21/h2,5-6,8,11-12H,3-4,7,9-10,16H2,1H3. The van der Waals surface area contributed by atoms with E-state index in [1.165, 1.54) is 18.2 Å². The van der Waals surface area contributed by atoms with Gasteiger partial charge in [-0.15, -0.1) is 0 Å². The summed E-state index contributed by atoms with van der Waals surface area (Å²) >= 11 is 0. The number of nitro groups is 1. The molecule has 2 rings (SSSR count). The molecule has 1 saturated heterocycles. The van der Waals surface area contributed by atoms with Crippen molar-refractivity contribution in [2.75, 3.05) is 19.7 Å². The van der Waals surface area contributed by atoms with Crippen LogP contribution in [-0.2, 0) is 4.79 Å². The second-order valence-electron chi connectivity index (χ2n) is 5.64. The zero-order chi connectivity index (χ0) is 16.1. The van der Waals surface area contributed by atoms with Gasteiger partial charge in [0.25, 0.3) is 11.6 Å². The Hall–Kier alpha value is -2.15. The minimum absolute atomic E-state index is 0.0556. The lowest BCUT2D eigenvalue weighted by Crippen LogP contribution is -2.46. The number of ether oxygens (including phenoxy) is 1. The third-order valence-corrected chi connectivity index (χ3v) is 3.94. The molecule has 0 radical (unpaired) electrons. The molecule has 7 nitrogen and oxygen atoms in total. The molecule has 2 atom stereocenters. The first-order valence-electron chi connectivity index (χ1n) is 7.38. The van der Waals surface area contributed by atoms with Crippen LogP contribution in [0.15, 0.2) is 24.3 Å². The molecule has 120 valence electrons. The Kier molecular flexibility index (Phi) is 5.32. The first-order chi connectivity index (χ1) is 10.5. The summed E-state index contributed by atoms with van der Waals surface area (Å²) in [6.07, 6.45) is 1.97. The van der Waals surface area contributed by atoms with Crippen molar-refractivity contribution >= 4 is 11.6 Å². The van der Waals surface area contributed by atoms with E-state index in [1.54, 1.807) is 11.0 Å². The van der Waals surface area contributed by atoms with Crippen molar-refractivity contribution in [2.24, 2.45) is 11.7 Å². The Morgan fingerprint density at radius 1 is 1.59 bits per heavy atom. The van der Waals surface area contributed by atoms with Crippen molar-refractivity contribution in [3.05, 3.63) is 34.4 Å². The number of rotatable bonds is 5. The number of hydrogen-bond acceptors (Lipinski definition) is 5. The van der Waals surface area contributed by atoms with Crippen LogP contribution in [0.3, 0.4) is 0 Å². The molecule has 2 unspecified atom stereocenters. The van der Waals surface area contributed by atoms with Gasteiger partial charge in [0.05, 0.1) is 11.0 Å². The van der Waals surface area contributed by atoms with E-state index in [0.717, 1.165) is 12.8 Å².